The van der Waals surface area contributed by atoms with Crippen LogP contribution in [0.2, 0.25) is 0 Å². The molecule has 0 saturated heterocycles. The molecule has 1 heterocycles. The second-order valence-electron chi connectivity index (χ2n) is 3.87. The number of halogens is 1. The van der Waals surface area contributed by atoms with Crippen LogP contribution in [0.1, 0.15) is 13.8 Å². The lowest BCUT2D eigenvalue weighted by Gasteiger charge is -2.21. The van der Waals surface area contributed by atoms with E-state index in [-0.39, 0.29) is 0 Å². The zero-order valence-corrected chi connectivity index (χ0v) is 9.50. The van der Waals surface area contributed by atoms with Crippen molar-refractivity contribution in [3.05, 3.63) is 24.3 Å². The number of hydrogen-bond acceptors (Lipinski definition) is 3. The van der Waals surface area contributed by atoms with Gasteiger partial charge in [-0.05, 0) is 27.0 Å². The number of nitrogens with zero attached hydrogens (tertiary/aromatic N) is 2. The summed E-state index contributed by atoms with van der Waals surface area (Å²) in [6.07, 6.45) is 1.46. The van der Waals surface area contributed by atoms with Crippen molar-refractivity contribution < 1.29 is 4.39 Å². The lowest BCUT2D eigenvalue weighted by atomic mass is 10.3. The minimum atomic E-state index is -0.447. The van der Waals surface area contributed by atoms with E-state index in [1.807, 2.05) is 0 Å². The summed E-state index contributed by atoms with van der Waals surface area (Å²) >= 11 is 0. The molecule has 1 N–H and O–H groups in total. The third kappa shape index (κ3) is 4.25. The Morgan fingerprint density at radius 3 is 2.87 bits per heavy atom. The molecule has 0 aromatic carbocycles. The molecule has 0 bridgehead atoms. The van der Waals surface area contributed by atoms with E-state index in [1.54, 1.807) is 6.07 Å². The van der Waals surface area contributed by atoms with Crippen molar-refractivity contribution in [2.24, 2.45) is 0 Å². The first-order valence-electron chi connectivity index (χ1n) is 5.15. The molecule has 0 aliphatic rings. The topological polar surface area (TPSA) is 28.2 Å². The van der Waals surface area contributed by atoms with Crippen LogP contribution >= 0.6 is 0 Å². The molecule has 84 valence electrons. The number of rotatable bonds is 5. The lowest BCUT2D eigenvalue weighted by Crippen LogP contribution is -2.31. The van der Waals surface area contributed by atoms with Crippen LogP contribution in [0.25, 0.3) is 0 Å². The van der Waals surface area contributed by atoms with Gasteiger partial charge in [0.15, 0.2) is 0 Å². The van der Waals surface area contributed by atoms with Gasteiger partial charge in [-0.3, -0.25) is 0 Å². The van der Waals surface area contributed by atoms with Crippen LogP contribution < -0.4 is 5.32 Å². The van der Waals surface area contributed by atoms with Crippen molar-refractivity contribution >= 4 is 5.69 Å². The molecule has 1 rings (SSSR count). The van der Waals surface area contributed by atoms with E-state index in [4.69, 9.17) is 0 Å². The predicted octanol–water partition coefficient (Wildman–Crippen LogP) is 1.97. The van der Waals surface area contributed by atoms with E-state index in [0.29, 0.717) is 6.04 Å². The molecular formula is C11H18FN3. The van der Waals surface area contributed by atoms with Gasteiger partial charge in [0.05, 0.1) is 0 Å². The molecule has 0 atom stereocenters. The Bertz CT molecular complexity index is 302. The van der Waals surface area contributed by atoms with Crippen molar-refractivity contribution in [1.29, 1.82) is 0 Å². The van der Waals surface area contributed by atoms with E-state index < -0.39 is 5.95 Å². The molecule has 4 heteroatoms. The average molecular weight is 211 g/mol. The fourth-order valence-corrected chi connectivity index (χ4v) is 1.15. The Labute approximate surface area is 90.3 Å². The zero-order chi connectivity index (χ0) is 11.3. The highest BCUT2D eigenvalue weighted by Crippen LogP contribution is 2.06. The van der Waals surface area contributed by atoms with Gasteiger partial charge in [0.2, 0.25) is 5.95 Å². The maximum Gasteiger partial charge on any atom is 0.214 e. The van der Waals surface area contributed by atoms with Gasteiger partial charge >= 0.3 is 0 Å². The van der Waals surface area contributed by atoms with Crippen LogP contribution in [-0.4, -0.2) is 36.1 Å². The van der Waals surface area contributed by atoms with E-state index in [1.165, 1.54) is 12.3 Å². The van der Waals surface area contributed by atoms with Gasteiger partial charge in [-0.1, -0.05) is 0 Å². The molecule has 1 aromatic rings. The fraction of sp³-hybridized carbons (Fsp3) is 0.545. The van der Waals surface area contributed by atoms with Crippen molar-refractivity contribution in [2.75, 3.05) is 25.5 Å². The number of hydrogen-bond donors (Lipinski definition) is 1. The van der Waals surface area contributed by atoms with Gasteiger partial charge in [0.25, 0.3) is 0 Å². The minimum absolute atomic E-state index is 0.447. The maximum absolute atomic E-state index is 12.7. The summed E-state index contributed by atoms with van der Waals surface area (Å²) in [5, 5.41) is 3.15. The number of aromatic nitrogens is 1. The molecular weight excluding hydrogens is 193 g/mol. The molecule has 0 aliphatic carbocycles. The molecule has 0 unspecified atom stereocenters. The minimum Gasteiger partial charge on any atom is -0.384 e. The van der Waals surface area contributed by atoms with Gasteiger partial charge in [-0.25, -0.2) is 4.98 Å². The third-order valence-electron chi connectivity index (χ3n) is 2.40. The summed E-state index contributed by atoms with van der Waals surface area (Å²) in [5.74, 6) is -0.447. The predicted molar refractivity (Wildman–Crippen MR) is 60.5 cm³/mol. The molecule has 0 aliphatic heterocycles. The monoisotopic (exact) mass is 211 g/mol. The molecule has 1 aromatic heterocycles. The Balaban J connectivity index is 2.32. The summed E-state index contributed by atoms with van der Waals surface area (Å²) in [5.41, 5.74) is 0.777. The Hall–Kier alpha value is -1.16. The van der Waals surface area contributed by atoms with E-state index >= 15 is 0 Å². The molecule has 0 saturated carbocycles. The molecule has 0 fully saturated rings. The number of nitrogens with one attached hydrogen (secondary N) is 1. The van der Waals surface area contributed by atoms with Gasteiger partial charge in [-0.15, -0.1) is 0 Å². The van der Waals surface area contributed by atoms with E-state index in [0.717, 1.165) is 18.8 Å². The highest BCUT2D eigenvalue weighted by molar-refractivity contribution is 5.40. The highest BCUT2D eigenvalue weighted by Gasteiger charge is 2.02. The molecule has 0 amide bonds. The standard InChI is InChI=1S/C11H18FN3/c1-9(2)15(3)7-6-13-10-4-5-14-11(12)8-10/h4-5,8-9H,6-7H2,1-3H3,(H,13,14). The van der Waals surface area contributed by atoms with Crippen LogP contribution in [-0.2, 0) is 0 Å². The quantitative estimate of drug-likeness (QED) is 0.755. The normalized spacial score (nSPS) is 11.1. The first kappa shape index (κ1) is 11.9. The van der Waals surface area contributed by atoms with Crippen LogP contribution in [0, 0.1) is 5.95 Å². The fourth-order valence-electron chi connectivity index (χ4n) is 1.15. The summed E-state index contributed by atoms with van der Waals surface area (Å²) in [4.78, 5) is 5.72. The van der Waals surface area contributed by atoms with Gasteiger partial charge in [0, 0.05) is 37.1 Å². The smallest absolute Gasteiger partial charge is 0.214 e. The SMILES string of the molecule is CC(C)N(C)CCNc1ccnc(F)c1. The first-order chi connectivity index (χ1) is 7.09. The second kappa shape index (κ2) is 5.66. The third-order valence-corrected chi connectivity index (χ3v) is 2.40. The second-order valence-corrected chi connectivity index (χ2v) is 3.87. The number of pyridine rings is 1. The van der Waals surface area contributed by atoms with Crippen LogP contribution in [0.3, 0.4) is 0 Å². The summed E-state index contributed by atoms with van der Waals surface area (Å²) in [7, 11) is 2.07. The number of anilines is 1. The Morgan fingerprint density at radius 1 is 1.53 bits per heavy atom. The van der Waals surface area contributed by atoms with E-state index in [2.05, 4.69) is 36.1 Å². The summed E-state index contributed by atoms with van der Waals surface area (Å²) < 4.78 is 12.7. The van der Waals surface area contributed by atoms with Gasteiger partial charge < -0.3 is 10.2 Å². The molecule has 3 nitrogen and oxygen atoms in total. The van der Waals surface area contributed by atoms with Gasteiger partial charge in [-0.2, -0.15) is 4.39 Å². The van der Waals surface area contributed by atoms with Crippen LogP contribution in [0.5, 0.6) is 0 Å². The highest BCUT2D eigenvalue weighted by atomic mass is 19.1. The van der Waals surface area contributed by atoms with Crippen LogP contribution in [0.4, 0.5) is 10.1 Å². The summed E-state index contributed by atoms with van der Waals surface area (Å²) in [6.45, 7) is 6.03. The average Bonchev–Trinajstić information content (AvgIpc) is 2.17. The molecule has 0 spiro atoms. The Kier molecular flexibility index (Phi) is 4.49. The largest absolute Gasteiger partial charge is 0.384 e. The van der Waals surface area contributed by atoms with Crippen LogP contribution in [0.15, 0.2) is 18.3 Å². The van der Waals surface area contributed by atoms with Crippen molar-refractivity contribution in [1.82, 2.24) is 9.88 Å². The van der Waals surface area contributed by atoms with Gasteiger partial charge in [0.1, 0.15) is 0 Å². The summed E-state index contributed by atoms with van der Waals surface area (Å²) in [6, 6.07) is 3.69. The maximum atomic E-state index is 12.7. The molecule has 0 radical (unpaired) electrons. The zero-order valence-electron chi connectivity index (χ0n) is 9.50. The van der Waals surface area contributed by atoms with Crippen molar-refractivity contribution in [2.45, 2.75) is 19.9 Å². The van der Waals surface area contributed by atoms with Crippen molar-refractivity contribution in [3.8, 4) is 0 Å². The lowest BCUT2D eigenvalue weighted by molar-refractivity contribution is 0.284. The van der Waals surface area contributed by atoms with E-state index in [9.17, 15) is 4.39 Å². The first-order valence-corrected chi connectivity index (χ1v) is 5.15. The Morgan fingerprint density at radius 2 is 2.27 bits per heavy atom. The van der Waals surface area contributed by atoms with Crippen molar-refractivity contribution in [3.63, 3.8) is 0 Å². The number of likely N-dealkylation sites (N-methyl/N-ethyl adjacent to an activating group) is 1. The molecule has 15 heavy (non-hydrogen) atoms.